The van der Waals surface area contributed by atoms with E-state index >= 15 is 0 Å². The number of unbranched alkanes of at least 4 members (excludes halogenated alkanes) is 1. The molecule has 4 heteroatoms. The monoisotopic (exact) mass is 249 g/mol. The number of carboxylic acids is 1. The molecule has 1 atom stereocenters. The summed E-state index contributed by atoms with van der Waals surface area (Å²) in [5, 5.41) is 11.4. The largest absolute Gasteiger partial charge is 0.481 e. The fourth-order valence-corrected chi connectivity index (χ4v) is 1.70. The maximum Gasteiger partial charge on any atom is 0.303 e. The summed E-state index contributed by atoms with van der Waals surface area (Å²) in [5.74, 6) is -0.843. The van der Waals surface area contributed by atoms with Crippen molar-refractivity contribution < 1.29 is 14.7 Å². The van der Waals surface area contributed by atoms with Crippen molar-refractivity contribution in [2.24, 2.45) is 0 Å². The summed E-state index contributed by atoms with van der Waals surface area (Å²) in [7, 11) is 0. The summed E-state index contributed by atoms with van der Waals surface area (Å²) in [6, 6.07) is 9.72. The van der Waals surface area contributed by atoms with Crippen molar-refractivity contribution in [1.82, 2.24) is 5.32 Å². The van der Waals surface area contributed by atoms with E-state index in [4.69, 9.17) is 5.11 Å². The molecule has 0 unspecified atom stereocenters. The lowest BCUT2D eigenvalue weighted by Crippen LogP contribution is -2.26. The molecule has 0 fully saturated rings. The van der Waals surface area contributed by atoms with Gasteiger partial charge in [-0.1, -0.05) is 30.3 Å². The summed E-state index contributed by atoms with van der Waals surface area (Å²) in [6.07, 6.45) is 1.66. The Labute approximate surface area is 107 Å². The van der Waals surface area contributed by atoms with Crippen molar-refractivity contribution in [2.45, 2.75) is 38.6 Å². The van der Waals surface area contributed by atoms with Crippen molar-refractivity contribution in [1.29, 1.82) is 0 Å². The average molecular weight is 249 g/mol. The van der Waals surface area contributed by atoms with E-state index in [2.05, 4.69) is 5.32 Å². The van der Waals surface area contributed by atoms with Gasteiger partial charge in [0.05, 0.1) is 6.04 Å². The lowest BCUT2D eigenvalue weighted by Gasteiger charge is -2.14. The van der Waals surface area contributed by atoms with Crippen LogP contribution in [0, 0.1) is 0 Å². The second kappa shape index (κ2) is 7.48. The Morgan fingerprint density at radius 2 is 1.78 bits per heavy atom. The van der Waals surface area contributed by atoms with Crippen molar-refractivity contribution >= 4 is 11.9 Å². The van der Waals surface area contributed by atoms with Gasteiger partial charge in [-0.15, -0.1) is 0 Å². The molecular weight excluding hydrogens is 230 g/mol. The van der Waals surface area contributed by atoms with Gasteiger partial charge in [-0.05, 0) is 25.3 Å². The first-order valence-electron chi connectivity index (χ1n) is 6.15. The molecule has 1 aromatic rings. The van der Waals surface area contributed by atoms with Gasteiger partial charge in [0.15, 0.2) is 0 Å². The molecular formula is C14H19NO3. The van der Waals surface area contributed by atoms with Crippen LogP contribution in [-0.2, 0) is 9.59 Å². The van der Waals surface area contributed by atoms with Crippen LogP contribution in [0.4, 0.5) is 0 Å². The van der Waals surface area contributed by atoms with Crippen LogP contribution in [-0.4, -0.2) is 17.0 Å². The van der Waals surface area contributed by atoms with Crippen molar-refractivity contribution in [3.05, 3.63) is 35.9 Å². The lowest BCUT2D eigenvalue weighted by molar-refractivity contribution is -0.137. The standard InChI is InChI=1S/C14H19NO3/c1-11(12-7-3-2-4-8-12)15-13(16)9-5-6-10-14(17)18/h2-4,7-8,11H,5-6,9-10H2,1H3,(H,15,16)(H,17,18)/t11-/m0/s1. The molecule has 0 bridgehead atoms. The van der Waals surface area contributed by atoms with Crippen LogP contribution in [0.25, 0.3) is 0 Å². The minimum atomic E-state index is -0.812. The van der Waals surface area contributed by atoms with Crippen LogP contribution in [0.3, 0.4) is 0 Å². The van der Waals surface area contributed by atoms with E-state index in [0.29, 0.717) is 19.3 Å². The predicted molar refractivity (Wildman–Crippen MR) is 69.1 cm³/mol. The van der Waals surface area contributed by atoms with Gasteiger partial charge in [-0.3, -0.25) is 9.59 Å². The van der Waals surface area contributed by atoms with Crippen molar-refractivity contribution in [2.75, 3.05) is 0 Å². The van der Waals surface area contributed by atoms with Crippen molar-refractivity contribution in [3.63, 3.8) is 0 Å². The Morgan fingerprint density at radius 3 is 2.39 bits per heavy atom. The molecule has 98 valence electrons. The first kappa shape index (κ1) is 14.2. The molecule has 0 aliphatic heterocycles. The van der Waals surface area contributed by atoms with E-state index in [9.17, 15) is 9.59 Å². The summed E-state index contributed by atoms with van der Waals surface area (Å²) in [5.41, 5.74) is 1.07. The van der Waals surface area contributed by atoms with Gasteiger partial charge in [0, 0.05) is 12.8 Å². The third kappa shape index (κ3) is 5.48. The molecule has 2 N–H and O–H groups in total. The Hall–Kier alpha value is -1.84. The van der Waals surface area contributed by atoms with Gasteiger partial charge < -0.3 is 10.4 Å². The average Bonchev–Trinajstić information content (AvgIpc) is 2.35. The van der Waals surface area contributed by atoms with Gasteiger partial charge in [-0.25, -0.2) is 0 Å². The van der Waals surface area contributed by atoms with Crippen LogP contribution in [0.5, 0.6) is 0 Å². The molecule has 18 heavy (non-hydrogen) atoms. The summed E-state index contributed by atoms with van der Waals surface area (Å²) in [4.78, 5) is 21.9. The molecule has 0 saturated carbocycles. The molecule has 1 aromatic carbocycles. The quantitative estimate of drug-likeness (QED) is 0.730. The Kier molecular flexibility index (Phi) is 5.91. The summed E-state index contributed by atoms with van der Waals surface area (Å²) in [6.45, 7) is 1.94. The van der Waals surface area contributed by atoms with Gasteiger partial charge in [0.1, 0.15) is 0 Å². The number of rotatable bonds is 7. The summed E-state index contributed by atoms with van der Waals surface area (Å²) < 4.78 is 0. The maximum atomic E-state index is 11.6. The van der Waals surface area contributed by atoms with Gasteiger partial charge >= 0.3 is 5.97 Å². The molecule has 0 heterocycles. The van der Waals surface area contributed by atoms with Crippen LogP contribution >= 0.6 is 0 Å². The SMILES string of the molecule is C[C@H](NC(=O)CCCCC(=O)O)c1ccccc1. The molecule has 1 amide bonds. The van der Waals surface area contributed by atoms with E-state index in [1.807, 2.05) is 37.3 Å². The third-order valence-corrected chi connectivity index (χ3v) is 2.72. The molecule has 1 rings (SSSR count). The highest BCUT2D eigenvalue weighted by atomic mass is 16.4. The van der Waals surface area contributed by atoms with Crippen LogP contribution < -0.4 is 5.32 Å². The molecule has 0 radical (unpaired) electrons. The second-order valence-electron chi connectivity index (χ2n) is 4.30. The number of nitrogens with one attached hydrogen (secondary N) is 1. The molecule has 0 spiro atoms. The smallest absolute Gasteiger partial charge is 0.303 e. The van der Waals surface area contributed by atoms with Crippen LogP contribution in [0.2, 0.25) is 0 Å². The number of benzene rings is 1. The van der Waals surface area contributed by atoms with E-state index in [-0.39, 0.29) is 18.4 Å². The minimum absolute atomic E-state index is 0.0156. The zero-order valence-corrected chi connectivity index (χ0v) is 10.6. The first-order chi connectivity index (χ1) is 8.59. The number of aliphatic carboxylic acids is 1. The number of carbonyl (C=O) groups excluding carboxylic acids is 1. The highest BCUT2D eigenvalue weighted by Crippen LogP contribution is 2.11. The van der Waals surface area contributed by atoms with Crippen LogP contribution in [0.1, 0.15) is 44.2 Å². The minimum Gasteiger partial charge on any atom is -0.481 e. The second-order valence-corrected chi connectivity index (χ2v) is 4.30. The number of hydrogen-bond acceptors (Lipinski definition) is 2. The predicted octanol–water partition coefficient (Wildman–Crippen LogP) is 2.51. The Bertz CT molecular complexity index is 389. The number of carbonyl (C=O) groups is 2. The fourth-order valence-electron chi connectivity index (χ4n) is 1.70. The van der Waals surface area contributed by atoms with Crippen molar-refractivity contribution in [3.8, 4) is 0 Å². The number of amides is 1. The molecule has 0 aliphatic carbocycles. The highest BCUT2D eigenvalue weighted by Gasteiger charge is 2.08. The molecule has 0 saturated heterocycles. The van der Waals surface area contributed by atoms with E-state index in [1.165, 1.54) is 0 Å². The van der Waals surface area contributed by atoms with Crippen LogP contribution in [0.15, 0.2) is 30.3 Å². The van der Waals surface area contributed by atoms with Gasteiger partial charge in [-0.2, -0.15) is 0 Å². The first-order valence-corrected chi connectivity index (χ1v) is 6.15. The zero-order valence-electron chi connectivity index (χ0n) is 10.6. The molecule has 4 nitrogen and oxygen atoms in total. The molecule has 0 aliphatic rings. The van der Waals surface area contributed by atoms with Gasteiger partial charge in [0.2, 0.25) is 5.91 Å². The Morgan fingerprint density at radius 1 is 1.17 bits per heavy atom. The molecule has 0 aromatic heterocycles. The third-order valence-electron chi connectivity index (χ3n) is 2.72. The topological polar surface area (TPSA) is 66.4 Å². The number of carboxylic acid groups (broad SMARTS) is 1. The maximum absolute atomic E-state index is 11.6. The Balaban J connectivity index is 2.26. The number of hydrogen-bond donors (Lipinski definition) is 2. The van der Waals surface area contributed by atoms with Gasteiger partial charge in [0.25, 0.3) is 0 Å². The normalized spacial score (nSPS) is 11.8. The fraction of sp³-hybridized carbons (Fsp3) is 0.429. The summed E-state index contributed by atoms with van der Waals surface area (Å²) >= 11 is 0. The zero-order chi connectivity index (χ0) is 13.4. The van der Waals surface area contributed by atoms with E-state index < -0.39 is 5.97 Å². The van der Waals surface area contributed by atoms with E-state index in [0.717, 1.165) is 5.56 Å². The lowest BCUT2D eigenvalue weighted by atomic mass is 10.1. The van der Waals surface area contributed by atoms with E-state index in [1.54, 1.807) is 0 Å². The highest BCUT2D eigenvalue weighted by molar-refractivity contribution is 5.76.